The fraction of sp³-hybridized carbons (Fsp3) is 0.455. The van der Waals surface area contributed by atoms with Gasteiger partial charge in [0, 0.05) is 13.6 Å². The highest BCUT2D eigenvalue weighted by molar-refractivity contribution is 9.11. The summed E-state index contributed by atoms with van der Waals surface area (Å²) in [5.74, 6) is -0.0639. The zero-order valence-electron chi connectivity index (χ0n) is 9.89. The summed E-state index contributed by atoms with van der Waals surface area (Å²) in [6.45, 7) is 0.529. The lowest BCUT2D eigenvalue weighted by Crippen LogP contribution is -2.41. The van der Waals surface area contributed by atoms with E-state index in [0.717, 1.165) is 9.35 Å². The van der Waals surface area contributed by atoms with Crippen molar-refractivity contribution in [3.05, 3.63) is 20.8 Å². The van der Waals surface area contributed by atoms with E-state index in [4.69, 9.17) is 10.9 Å². The van der Waals surface area contributed by atoms with Gasteiger partial charge in [0.2, 0.25) is 5.91 Å². The number of nitrogens with two attached hydrogens (primary N) is 1. The standard InChI is InChI=1S/C11H14BrN3O2S/c1-15(5-7-4-8(12)18-6-7)10(16)11(2-3-11)9(13)14-17/h4,6,17H,2-3,5H2,1H3,(H2,13,14). The Bertz CT molecular complexity index is 496. The van der Waals surface area contributed by atoms with Gasteiger partial charge in [-0.3, -0.25) is 4.79 Å². The maximum atomic E-state index is 12.3. The van der Waals surface area contributed by atoms with Crippen LogP contribution < -0.4 is 5.73 Å². The fourth-order valence-electron chi connectivity index (χ4n) is 1.94. The first-order valence-electron chi connectivity index (χ1n) is 5.46. The number of nitrogens with zero attached hydrogens (tertiary/aromatic N) is 2. The van der Waals surface area contributed by atoms with Crippen molar-refractivity contribution in [3.8, 4) is 0 Å². The molecule has 98 valence electrons. The monoisotopic (exact) mass is 331 g/mol. The van der Waals surface area contributed by atoms with Gasteiger partial charge in [-0.2, -0.15) is 0 Å². The SMILES string of the molecule is CN(Cc1csc(Br)c1)C(=O)C1(C(N)=NO)CC1. The molecule has 3 N–H and O–H groups in total. The number of carbonyl (C=O) groups is 1. The number of thiophene rings is 1. The van der Waals surface area contributed by atoms with E-state index in [-0.39, 0.29) is 11.7 Å². The summed E-state index contributed by atoms with van der Waals surface area (Å²) in [6.07, 6.45) is 1.30. The molecular formula is C11H14BrN3O2S. The molecule has 7 heteroatoms. The van der Waals surface area contributed by atoms with E-state index in [9.17, 15) is 4.79 Å². The molecule has 0 saturated heterocycles. The first-order valence-corrected chi connectivity index (χ1v) is 7.13. The molecule has 18 heavy (non-hydrogen) atoms. The number of oxime groups is 1. The molecular weight excluding hydrogens is 318 g/mol. The summed E-state index contributed by atoms with van der Waals surface area (Å²) in [5.41, 5.74) is 5.90. The third kappa shape index (κ3) is 2.37. The Balaban J connectivity index is 2.06. The molecule has 0 radical (unpaired) electrons. The topological polar surface area (TPSA) is 78.9 Å². The van der Waals surface area contributed by atoms with Crippen LogP contribution in [0.2, 0.25) is 0 Å². The molecule has 1 heterocycles. The van der Waals surface area contributed by atoms with Gasteiger partial charge in [-0.25, -0.2) is 0 Å². The Morgan fingerprint density at radius 3 is 2.83 bits per heavy atom. The molecule has 1 aliphatic rings. The molecule has 1 aliphatic carbocycles. The lowest BCUT2D eigenvalue weighted by Gasteiger charge is -2.22. The van der Waals surface area contributed by atoms with Gasteiger partial charge in [0.1, 0.15) is 5.41 Å². The first kappa shape index (κ1) is 13.4. The lowest BCUT2D eigenvalue weighted by atomic mass is 10.0. The van der Waals surface area contributed by atoms with Crippen molar-refractivity contribution in [1.82, 2.24) is 4.90 Å². The van der Waals surface area contributed by atoms with Gasteiger partial charge in [-0.1, -0.05) is 5.16 Å². The van der Waals surface area contributed by atoms with Crippen LogP contribution >= 0.6 is 27.3 Å². The van der Waals surface area contributed by atoms with Gasteiger partial charge in [-0.05, 0) is 45.8 Å². The number of halogens is 1. The van der Waals surface area contributed by atoms with Crippen molar-refractivity contribution < 1.29 is 10.0 Å². The molecule has 0 bridgehead atoms. The number of amidine groups is 1. The molecule has 0 aliphatic heterocycles. The van der Waals surface area contributed by atoms with Crippen molar-refractivity contribution >= 4 is 39.0 Å². The van der Waals surface area contributed by atoms with Gasteiger partial charge in [0.05, 0.1) is 3.79 Å². The highest BCUT2D eigenvalue weighted by Gasteiger charge is 2.55. The summed E-state index contributed by atoms with van der Waals surface area (Å²) in [6, 6.07) is 1.98. The number of amides is 1. The molecule has 1 saturated carbocycles. The molecule has 5 nitrogen and oxygen atoms in total. The van der Waals surface area contributed by atoms with Crippen molar-refractivity contribution in [2.24, 2.45) is 16.3 Å². The number of rotatable bonds is 4. The van der Waals surface area contributed by atoms with Gasteiger partial charge in [0.15, 0.2) is 5.84 Å². The number of hydrogen-bond donors (Lipinski definition) is 2. The molecule has 1 fully saturated rings. The molecule has 2 rings (SSSR count). The molecule has 0 unspecified atom stereocenters. The Morgan fingerprint density at radius 2 is 2.39 bits per heavy atom. The van der Waals surface area contributed by atoms with E-state index in [1.54, 1.807) is 23.3 Å². The molecule has 1 aromatic rings. The summed E-state index contributed by atoms with van der Waals surface area (Å²) >= 11 is 4.97. The van der Waals surface area contributed by atoms with Crippen LogP contribution in [-0.4, -0.2) is 28.9 Å². The Hall–Kier alpha value is -1.08. The summed E-state index contributed by atoms with van der Waals surface area (Å²) in [7, 11) is 1.73. The average molecular weight is 332 g/mol. The largest absolute Gasteiger partial charge is 0.409 e. The van der Waals surface area contributed by atoms with E-state index in [1.165, 1.54) is 0 Å². The van der Waals surface area contributed by atoms with E-state index < -0.39 is 5.41 Å². The predicted octanol–water partition coefficient (Wildman–Crippen LogP) is 2.00. The van der Waals surface area contributed by atoms with Crippen LogP contribution in [0.1, 0.15) is 18.4 Å². The summed E-state index contributed by atoms with van der Waals surface area (Å²) in [5, 5.41) is 13.7. The van der Waals surface area contributed by atoms with E-state index in [1.807, 2.05) is 11.4 Å². The smallest absolute Gasteiger partial charge is 0.236 e. The van der Waals surface area contributed by atoms with Crippen LogP contribution in [0, 0.1) is 5.41 Å². The molecule has 0 spiro atoms. The minimum Gasteiger partial charge on any atom is -0.409 e. The maximum Gasteiger partial charge on any atom is 0.236 e. The van der Waals surface area contributed by atoms with E-state index in [2.05, 4.69) is 21.1 Å². The van der Waals surface area contributed by atoms with Crippen molar-refractivity contribution in [3.63, 3.8) is 0 Å². The van der Waals surface area contributed by atoms with Crippen LogP contribution in [0.25, 0.3) is 0 Å². The minimum absolute atomic E-state index is 0.0193. The van der Waals surface area contributed by atoms with E-state index in [0.29, 0.717) is 19.4 Å². The Kier molecular flexibility index (Phi) is 3.63. The first-order chi connectivity index (χ1) is 8.49. The number of carbonyl (C=O) groups excluding carboxylic acids is 1. The van der Waals surface area contributed by atoms with Crippen molar-refractivity contribution in [1.29, 1.82) is 0 Å². The second-order valence-corrected chi connectivity index (χ2v) is 6.78. The van der Waals surface area contributed by atoms with Crippen LogP contribution in [-0.2, 0) is 11.3 Å². The minimum atomic E-state index is -0.767. The molecule has 1 amide bonds. The lowest BCUT2D eigenvalue weighted by molar-refractivity contribution is -0.133. The third-order valence-corrected chi connectivity index (χ3v) is 4.70. The Morgan fingerprint density at radius 1 is 1.72 bits per heavy atom. The summed E-state index contributed by atoms with van der Waals surface area (Å²) < 4.78 is 1.04. The third-order valence-electron chi connectivity index (χ3n) is 3.15. The average Bonchev–Trinajstić information content (AvgIpc) is 3.07. The van der Waals surface area contributed by atoms with Crippen molar-refractivity contribution in [2.75, 3.05) is 7.05 Å². The van der Waals surface area contributed by atoms with Crippen LogP contribution in [0.5, 0.6) is 0 Å². The van der Waals surface area contributed by atoms with Crippen molar-refractivity contribution in [2.45, 2.75) is 19.4 Å². The van der Waals surface area contributed by atoms with Gasteiger partial charge >= 0.3 is 0 Å². The second kappa shape index (κ2) is 4.89. The van der Waals surface area contributed by atoms with Crippen LogP contribution in [0.4, 0.5) is 0 Å². The highest BCUT2D eigenvalue weighted by atomic mass is 79.9. The fourth-order valence-corrected chi connectivity index (χ4v) is 3.14. The zero-order chi connectivity index (χ0) is 13.3. The predicted molar refractivity (Wildman–Crippen MR) is 73.6 cm³/mol. The van der Waals surface area contributed by atoms with Crippen LogP contribution in [0.3, 0.4) is 0 Å². The Labute approximate surface area is 117 Å². The molecule has 0 atom stereocenters. The van der Waals surface area contributed by atoms with E-state index >= 15 is 0 Å². The molecule has 0 aromatic carbocycles. The molecule has 1 aromatic heterocycles. The second-order valence-electron chi connectivity index (χ2n) is 4.49. The zero-order valence-corrected chi connectivity index (χ0v) is 12.3. The van der Waals surface area contributed by atoms with Gasteiger partial charge < -0.3 is 15.8 Å². The highest BCUT2D eigenvalue weighted by Crippen LogP contribution is 2.47. The van der Waals surface area contributed by atoms with Gasteiger partial charge in [0.25, 0.3) is 0 Å². The summed E-state index contributed by atoms with van der Waals surface area (Å²) in [4.78, 5) is 13.9. The normalized spacial score (nSPS) is 17.6. The number of hydrogen-bond acceptors (Lipinski definition) is 4. The van der Waals surface area contributed by atoms with Crippen LogP contribution in [0.15, 0.2) is 20.4 Å². The quantitative estimate of drug-likeness (QED) is 0.383. The maximum absolute atomic E-state index is 12.3. The van der Waals surface area contributed by atoms with Gasteiger partial charge in [-0.15, -0.1) is 11.3 Å².